The minimum Gasteiger partial charge on any atom is -0.465 e. The number of carbonyl (C=O) groups excluding carboxylic acids is 3. The molecule has 4 heterocycles. The number of likely N-dealkylation sites (N-methyl/N-ethyl adjacent to an activating group) is 1. The molecule has 4 amide bonds. The van der Waals surface area contributed by atoms with Gasteiger partial charge in [-0.1, -0.05) is 51.7 Å². The Bertz CT molecular complexity index is 2310. The number of alkyl carbamates (subject to hydrolysis) is 1. The van der Waals surface area contributed by atoms with Crippen molar-refractivity contribution in [3.05, 3.63) is 71.2 Å². The highest BCUT2D eigenvalue weighted by Crippen LogP contribution is 2.54. The SMILES string of the molecule is COC(=O)N[C@H](C(=O)N1[C@@H]2C[C@@H]2C[C@H]1c1nc2c(F)cc(C#Cc3ccc(-c4cnc([C@@H]5C[C@H]6C[C@H]6N5C(=O)[C@H](C(C)C)N(C)C(=O)O)[nH]4)cc3)cc2[nH]1)C(C)C. The number of likely N-dealkylation sites (tertiary alicyclic amines) is 2. The molecule has 4 aliphatic rings. The van der Waals surface area contributed by atoms with E-state index in [0.717, 1.165) is 41.0 Å². The molecule has 57 heavy (non-hydrogen) atoms. The van der Waals surface area contributed by atoms with Gasteiger partial charge in [-0.05, 0) is 79.2 Å². The van der Waals surface area contributed by atoms with E-state index in [0.29, 0.717) is 41.0 Å². The van der Waals surface area contributed by atoms with Crippen LogP contribution in [0, 0.1) is 41.3 Å². The molecular weight excluding hydrogens is 732 g/mol. The summed E-state index contributed by atoms with van der Waals surface area (Å²) in [6.45, 7) is 7.45. The lowest BCUT2D eigenvalue weighted by atomic mass is 10.0. The number of H-pyrrole nitrogens is 2. The Hall–Kier alpha value is -5.91. The predicted molar refractivity (Wildman–Crippen MR) is 207 cm³/mol. The minimum atomic E-state index is -1.13. The Morgan fingerprint density at radius 1 is 0.895 bits per heavy atom. The van der Waals surface area contributed by atoms with E-state index in [2.05, 4.69) is 37.1 Å². The van der Waals surface area contributed by atoms with Gasteiger partial charge in [0.1, 0.15) is 29.2 Å². The number of carboxylic acid groups (broad SMARTS) is 1. The zero-order chi connectivity index (χ0) is 40.4. The summed E-state index contributed by atoms with van der Waals surface area (Å²) in [5.74, 6) is 6.81. The van der Waals surface area contributed by atoms with Gasteiger partial charge in [-0.15, -0.1) is 0 Å². The molecule has 2 aromatic carbocycles. The summed E-state index contributed by atoms with van der Waals surface area (Å²) in [5, 5.41) is 12.3. The lowest BCUT2D eigenvalue weighted by Gasteiger charge is -2.35. The van der Waals surface area contributed by atoms with E-state index in [1.807, 2.05) is 56.9 Å². The smallest absolute Gasteiger partial charge is 0.407 e. The number of aromatic amines is 2. The Balaban J connectivity index is 0.967. The number of rotatable bonds is 9. The molecule has 4 N–H and O–H groups in total. The molecule has 2 aliphatic carbocycles. The third-order valence-corrected chi connectivity index (χ3v) is 12.0. The average Bonchev–Trinajstić information content (AvgIpc) is 3.79. The maximum absolute atomic E-state index is 15.5. The van der Waals surface area contributed by atoms with E-state index >= 15 is 4.39 Å². The largest absolute Gasteiger partial charge is 0.465 e. The number of amides is 4. The van der Waals surface area contributed by atoms with Crippen molar-refractivity contribution in [1.82, 2.24) is 40.0 Å². The zero-order valence-electron chi connectivity index (χ0n) is 32.7. The van der Waals surface area contributed by atoms with Crippen molar-refractivity contribution >= 4 is 35.0 Å². The fraction of sp³-hybridized carbons (Fsp3) is 0.476. The third kappa shape index (κ3) is 7.06. The summed E-state index contributed by atoms with van der Waals surface area (Å²) in [6, 6.07) is 8.67. The number of methoxy groups -OCH3 is 1. The molecule has 8 atom stereocenters. The molecule has 0 spiro atoms. The molecule has 4 fully saturated rings. The number of fused-ring (bicyclic) bond motifs is 3. The molecule has 15 heteroatoms. The highest BCUT2D eigenvalue weighted by atomic mass is 19.1. The summed E-state index contributed by atoms with van der Waals surface area (Å²) in [5.41, 5.74) is 3.50. The number of hydrogen-bond acceptors (Lipinski definition) is 7. The quantitative estimate of drug-likeness (QED) is 0.154. The van der Waals surface area contributed by atoms with Crippen LogP contribution in [0.25, 0.3) is 22.3 Å². The van der Waals surface area contributed by atoms with Gasteiger partial charge in [-0.3, -0.25) is 14.5 Å². The van der Waals surface area contributed by atoms with Gasteiger partial charge in [-0.25, -0.2) is 23.9 Å². The molecular formula is C42H47FN8O6. The summed E-state index contributed by atoms with van der Waals surface area (Å²) in [6.07, 6.45) is 3.23. The van der Waals surface area contributed by atoms with E-state index in [1.54, 1.807) is 17.2 Å². The number of halogens is 1. The topological polar surface area (TPSA) is 177 Å². The first-order valence-corrected chi connectivity index (χ1v) is 19.5. The van der Waals surface area contributed by atoms with Crippen molar-refractivity contribution in [3.63, 3.8) is 0 Å². The van der Waals surface area contributed by atoms with Crippen molar-refractivity contribution in [2.75, 3.05) is 14.2 Å². The van der Waals surface area contributed by atoms with Gasteiger partial charge in [0.2, 0.25) is 11.8 Å². The van der Waals surface area contributed by atoms with Crippen molar-refractivity contribution in [2.45, 2.75) is 89.6 Å². The van der Waals surface area contributed by atoms with E-state index < -0.39 is 30.1 Å². The van der Waals surface area contributed by atoms with Crippen LogP contribution in [0.5, 0.6) is 0 Å². The standard InChI is InChI=1S/C42H47FN8O6/c1-20(2)34(48-41(54)57-6)39(52)50-30-15-26(30)18-33(50)38-45-28-14-23(13-27(43)35(28)47-38)8-7-22-9-11-24(12-10-22)29-19-44-37(46-29)32-17-25-16-31(25)51(32)40(53)36(21(3)4)49(5)42(55)56/h9-14,19-21,25-26,30-34,36H,15-18H2,1-6H3,(H,44,46)(H,45,47)(H,48,54)(H,55,56)/t25-,26-,30-,31-,32+,33+,34+,36+/m1/s1. The average molecular weight is 779 g/mol. The second kappa shape index (κ2) is 14.5. The van der Waals surface area contributed by atoms with Crippen LogP contribution in [0.2, 0.25) is 0 Å². The summed E-state index contributed by atoms with van der Waals surface area (Å²) in [4.78, 5) is 72.1. The van der Waals surface area contributed by atoms with Gasteiger partial charge in [-0.2, -0.15) is 0 Å². The molecule has 8 rings (SSSR count). The maximum atomic E-state index is 15.5. The fourth-order valence-corrected chi connectivity index (χ4v) is 8.92. The van der Waals surface area contributed by atoms with E-state index in [-0.39, 0.29) is 53.3 Å². The first-order chi connectivity index (χ1) is 27.2. The molecule has 2 aliphatic heterocycles. The van der Waals surface area contributed by atoms with Crippen LogP contribution in [0.1, 0.15) is 88.2 Å². The molecule has 4 aromatic rings. The lowest BCUT2D eigenvalue weighted by Crippen LogP contribution is -2.52. The third-order valence-electron chi connectivity index (χ3n) is 12.0. The molecule has 14 nitrogen and oxygen atoms in total. The molecule has 2 saturated carbocycles. The van der Waals surface area contributed by atoms with Gasteiger partial charge >= 0.3 is 12.2 Å². The van der Waals surface area contributed by atoms with Crippen molar-refractivity contribution in [2.24, 2.45) is 23.7 Å². The summed E-state index contributed by atoms with van der Waals surface area (Å²) < 4.78 is 20.2. The maximum Gasteiger partial charge on any atom is 0.407 e. The molecule has 0 bridgehead atoms. The van der Waals surface area contributed by atoms with Crippen molar-refractivity contribution < 1.29 is 33.4 Å². The van der Waals surface area contributed by atoms with Gasteiger partial charge in [0, 0.05) is 30.3 Å². The number of hydrogen-bond donors (Lipinski definition) is 4. The Morgan fingerprint density at radius 2 is 1.53 bits per heavy atom. The number of piperidine rings is 2. The van der Waals surface area contributed by atoms with Crippen molar-refractivity contribution in [1.29, 1.82) is 0 Å². The number of nitrogens with zero attached hydrogens (tertiary/aromatic N) is 5. The number of benzene rings is 2. The van der Waals surface area contributed by atoms with Gasteiger partial charge < -0.3 is 34.9 Å². The van der Waals surface area contributed by atoms with E-state index in [1.165, 1.54) is 20.2 Å². The van der Waals surface area contributed by atoms with Gasteiger partial charge in [0.25, 0.3) is 0 Å². The molecule has 2 saturated heterocycles. The molecule has 2 aromatic heterocycles. The summed E-state index contributed by atoms with van der Waals surface area (Å²) in [7, 11) is 2.71. The van der Waals surface area contributed by atoms with Gasteiger partial charge in [0.05, 0.1) is 36.6 Å². The lowest BCUT2D eigenvalue weighted by molar-refractivity contribution is -0.140. The monoisotopic (exact) mass is 778 g/mol. The molecule has 0 radical (unpaired) electrons. The zero-order valence-corrected chi connectivity index (χ0v) is 32.7. The number of imidazole rings is 2. The highest BCUT2D eigenvalue weighted by molar-refractivity contribution is 5.88. The van der Waals surface area contributed by atoms with E-state index in [9.17, 15) is 24.3 Å². The van der Waals surface area contributed by atoms with Crippen LogP contribution in [0.4, 0.5) is 14.0 Å². The fourth-order valence-electron chi connectivity index (χ4n) is 8.92. The van der Waals surface area contributed by atoms with Crippen LogP contribution in [-0.4, -0.2) is 102 Å². The van der Waals surface area contributed by atoms with Crippen LogP contribution < -0.4 is 5.32 Å². The van der Waals surface area contributed by atoms with Crippen LogP contribution in [0.3, 0.4) is 0 Å². The Labute approximate surface area is 329 Å². The van der Waals surface area contributed by atoms with E-state index in [4.69, 9.17) is 4.74 Å². The first kappa shape index (κ1) is 38.0. The number of ether oxygens (including phenoxy) is 1. The normalized spacial score (nSPS) is 24.1. The van der Waals surface area contributed by atoms with Gasteiger partial charge in [0.15, 0.2) is 5.82 Å². The second-order valence-electron chi connectivity index (χ2n) is 16.5. The molecule has 0 unspecified atom stereocenters. The highest BCUT2D eigenvalue weighted by Gasteiger charge is 2.57. The molecule has 298 valence electrons. The van der Waals surface area contributed by atoms with Crippen LogP contribution >= 0.6 is 0 Å². The summed E-state index contributed by atoms with van der Waals surface area (Å²) >= 11 is 0. The van der Waals surface area contributed by atoms with Crippen molar-refractivity contribution in [3.8, 4) is 23.1 Å². The first-order valence-electron chi connectivity index (χ1n) is 19.5. The number of aromatic nitrogens is 4. The number of nitrogens with one attached hydrogen (secondary N) is 3. The predicted octanol–water partition coefficient (Wildman–Crippen LogP) is 5.83. The Kier molecular flexibility index (Phi) is 9.70. The van der Waals surface area contributed by atoms with Crippen LogP contribution in [-0.2, 0) is 14.3 Å². The number of carbonyl (C=O) groups is 4. The Morgan fingerprint density at radius 3 is 2.14 bits per heavy atom. The minimum absolute atomic E-state index is 0.0558. The van der Waals surface area contributed by atoms with Crippen LogP contribution in [0.15, 0.2) is 42.6 Å². The second-order valence-corrected chi connectivity index (χ2v) is 16.5.